The van der Waals surface area contributed by atoms with Crippen molar-refractivity contribution in [2.45, 2.75) is 19.4 Å². The Hall–Kier alpha value is -0.900. The number of hydrogen-bond acceptors (Lipinski definition) is 1. The quantitative estimate of drug-likeness (QED) is 0.808. The Morgan fingerprint density at radius 3 is 2.70 bits per heavy atom. The predicted molar refractivity (Wildman–Crippen MR) is 85.8 cm³/mol. The van der Waals surface area contributed by atoms with Gasteiger partial charge in [-0.05, 0) is 49.2 Å². The summed E-state index contributed by atoms with van der Waals surface area (Å²) in [6.45, 7) is 1.99. The van der Waals surface area contributed by atoms with Crippen molar-refractivity contribution in [3.63, 3.8) is 0 Å². The van der Waals surface area contributed by atoms with Gasteiger partial charge in [-0.2, -0.15) is 0 Å². The highest BCUT2D eigenvalue weighted by atomic mass is 79.9. The van der Waals surface area contributed by atoms with Crippen molar-refractivity contribution in [2.75, 3.05) is 7.05 Å². The van der Waals surface area contributed by atoms with Crippen LogP contribution in [-0.4, -0.2) is 7.05 Å². The number of halogens is 3. The Kier molecular flexibility index (Phi) is 5.19. The summed E-state index contributed by atoms with van der Waals surface area (Å²) >= 11 is 9.80. The van der Waals surface area contributed by atoms with Gasteiger partial charge in [-0.25, -0.2) is 4.39 Å². The van der Waals surface area contributed by atoms with E-state index in [1.807, 2.05) is 32.2 Å². The minimum absolute atomic E-state index is 0.0872. The lowest BCUT2D eigenvalue weighted by Crippen LogP contribution is -2.19. The van der Waals surface area contributed by atoms with Gasteiger partial charge in [0, 0.05) is 15.5 Å². The van der Waals surface area contributed by atoms with Gasteiger partial charge < -0.3 is 5.32 Å². The average molecular weight is 357 g/mol. The van der Waals surface area contributed by atoms with Crippen LogP contribution in [0.2, 0.25) is 5.02 Å². The lowest BCUT2D eigenvalue weighted by Gasteiger charge is -2.20. The maximum absolute atomic E-state index is 13.1. The fourth-order valence-electron chi connectivity index (χ4n) is 2.21. The third-order valence-electron chi connectivity index (χ3n) is 3.38. The predicted octanol–water partition coefficient (Wildman–Crippen LogP) is 5.05. The number of benzene rings is 2. The van der Waals surface area contributed by atoms with E-state index in [1.54, 1.807) is 6.07 Å². The van der Waals surface area contributed by atoms with Crippen LogP contribution in [0.4, 0.5) is 4.39 Å². The first-order valence-electron chi connectivity index (χ1n) is 6.39. The zero-order valence-corrected chi connectivity index (χ0v) is 13.7. The summed E-state index contributed by atoms with van der Waals surface area (Å²) < 4.78 is 13.9. The summed E-state index contributed by atoms with van der Waals surface area (Å²) in [6, 6.07) is 10.9. The summed E-state index contributed by atoms with van der Waals surface area (Å²) in [5.41, 5.74) is 3.16. The first-order chi connectivity index (χ1) is 9.52. The standard InChI is InChI=1S/C16H16BrClFN/c1-10-4-3-5-13(16(10)18)15(20-2)8-11-6-7-12(19)9-14(11)17/h3-7,9,15,20H,8H2,1-2H3. The zero-order chi connectivity index (χ0) is 14.7. The Morgan fingerprint density at radius 1 is 1.30 bits per heavy atom. The molecule has 4 heteroatoms. The fourth-order valence-corrected chi connectivity index (χ4v) is 2.98. The molecule has 0 radical (unpaired) electrons. The van der Waals surface area contributed by atoms with Crippen molar-refractivity contribution in [1.29, 1.82) is 0 Å². The van der Waals surface area contributed by atoms with Gasteiger partial charge in [-0.1, -0.05) is 51.8 Å². The van der Waals surface area contributed by atoms with Crippen LogP contribution < -0.4 is 5.32 Å². The van der Waals surface area contributed by atoms with Crippen LogP contribution in [-0.2, 0) is 6.42 Å². The van der Waals surface area contributed by atoms with Crippen LogP contribution in [0.1, 0.15) is 22.7 Å². The molecular weight excluding hydrogens is 341 g/mol. The van der Waals surface area contributed by atoms with Crippen molar-refractivity contribution in [3.05, 3.63) is 68.4 Å². The molecular formula is C16H16BrClFN. The maximum atomic E-state index is 13.1. The minimum Gasteiger partial charge on any atom is -0.313 e. The minimum atomic E-state index is -0.241. The number of nitrogens with one attached hydrogen (secondary N) is 1. The molecule has 0 aliphatic carbocycles. The Balaban J connectivity index is 2.31. The van der Waals surface area contributed by atoms with Crippen LogP contribution in [0.25, 0.3) is 0 Å². The molecule has 0 spiro atoms. The molecule has 0 saturated carbocycles. The van der Waals surface area contributed by atoms with Gasteiger partial charge in [0.25, 0.3) is 0 Å². The van der Waals surface area contributed by atoms with E-state index in [0.29, 0.717) is 0 Å². The van der Waals surface area contributed by atoms with E-state index in [9.17, 15) is 4.39 Å². The van der Waals surface area contributed by atoms with Crippen LogP contribution in [0.5, 0.6) is 0 Å². The molecule has 2 aromatic rings. The molecule has 2 aromatic carbocycles. The van der Waals surface area contributed by atoms with Gasteiger partial charge in [-0.15, -0.1) is 0 Å². The Labute approximate surface area is 132 Å². The lowest BCUT2D eigenvalue weighted by molar-refractivity contribution is 0.587. The molecule has 0 saturated heterocycles. The van der Waals surface area contributed by atoms with Crippen LogP contribution in [0.3, 0.4) is 0 Å². The molecule has 0 aliphatic rings. The van der Waals surface area contributed by atoms with E-state index >= 15 is 0 Å². The van der Waals surface area contributed by atoms with Gasteiger partial charge in [0.1, 0.15) is 5.82 Å². The average Bonchev–Trinajstić information content (AvgIpc) is 2.42. The van der Waals surface area contributed by atoms with Crippen LogP contribution in [0, 0.1) is 12.7 Å². The largest absolute Gasteiger partial charge is 0.313 e. The van der Waals surface area contributed by atoms with E-state index < -0.39 is 0 Å². The molecule has 1 atom stereocenters. The third-order valence-corrected chi connectivity index (χ3v) is 4.64. The van der Waals surface area contributed by atoms with Gasteiger partial charge in [0.15, 0.2) is 0 Å². The molecule has 0 heterocycles. The first-order valence-corrected chi connectivity index (χ1v) is 7.56. The smallest absolute Gasteiger partial charge is 0.124 e. The van der Waals surface area contributed by atoms with Gasteiger partial charge in [0.2, 0.25) is 0 Å². The highest BCUT2D eigenvalue weighted by Crippen LogP contribution is 2.30. The molecule has 0 aromatic heterocycles. The number of hydrogen-bond donors (Lipinski definition) is 1. The summed E-state index contributed by atoms with van der Waals surface area (Å²) in [5.74, 6) is -0.241. The summed E-state index contributed by atoms with van der Waals surface area (Å²) in [4.78, 5) is 0. The third kappa shape index (κ3) is 3.40. The van der Waals surface area contributed by atoms with E-state index in [2.05, 4.69) is 21.2 Å². The van der Waals surface area contributed by atoms with E-state index in [0.717, 1.165) is 32.6 Å². The number of rotatable bonds is 4. The molecule has 1 nitrogen and oxygen atoms in total. The van der Waals surface area contributed by atoms with Crippen molar-refractivity contribution >= 4 is 27.5 Å². The topological polar surface area (TPSA) is 12.0 Å². The van der Waals surface area contributed by atoms with E-state index in [-0.39, 0.29) is 11.9 Å². The fraction of sp³-hybridized carbons (Fsp3) is 0.250. The number of likely N-dealkylation sites (N-methyl/N-ethyl adjacent to an activating group) is 1. The summed E-state index contributed by atoms with van der Waals surface area (Å²) in [6.07, 6.45) is 0.737. The van der Waals surface area contributed by atoms with Crippen molar-refractivity contribution in [3.8, 4) is 0 Å². The monoisotopic (exact) mass is 355 g/mol. The first kappa shape index (κ1) is 15.5. The second kappa shape index (κ2) is 6.70. The molecule has 2 rings (SSSR count). The summed E-state index contributed by atoms with van der Waals surface area (Å²) in [7, 11) is 1.90. The SMILES string of the molecule is CNC(Cc1ccc(F)cc1Br)c1cccc(C)c1Cl. The van der Waals surface area contributed by atoms with Crippen LogP contribution in [0.15, 0.2) is 40.9 Å². The normalized spacial score (nSPS) is 12.4. The molecule has 20 heavy (non-hydrogen) atoms. The number of aryl methyl sites for hydroxylation is 1. The van der Waals surface area contributed by atoms with Gasteiger partial charge >= 0.3 is 0 Å². The van der Waals surface area contributed by atoms with Crippen molar-refractivity contribution in [1.82, 2.24) is 5.32 Å². The van der Waals surface area contributed by atoms with E-state index in [1.165, 1.54) is 12.1 Å². The van der Waals surface area contributed by atoms with Crippen molar-refractivity contribution in [2.24, 2.45) is 0 Å². The molecule has 0 amide bonds. The molecule has 106 valence electrons. The second-order valence-corrected chi connectivity index (χ2v) is 5.99. The van der Waals surface area contributed by atoms with Gasteiger partial charge in [-0.3, -0.25) is 0 Å². The lowest BCUT2D eigenvalue weighted by atomic mass is 9.97. The zero-order valence-electron chi connectivity index (χ0n) is 11.4. The highest BCUT2D eigenvalue weighted by molar-refractivity contribution is 9.10. The molecule has 0 bridgehead atoms. The van der Waals surface area contributed by atoms with Crippen LogP contribution >= 0.6 is 27.5 Å². The van der Waals surface area contributed by atoms with Gasteiger partial charge in [0.05, 0.1) is 0 Å². The maximum Gasteiger partial charge on any atom is 0.124 e. The summed E-state index contributed by atoms with van der Waals surface area (Å²) in [5, 5.41) is 4.06. The molecule has 1 unspecified atom stereocenters. The molecule has 1 N–H and O–H groups in total. The molecule has 0 fully saturated rings. The van der Waals surface area contributed by atoms with Crippen molar-refractivity contribution < 1.29 is 4.39 Å². The van der Waals surface area contributed by atoms with E-state index in [4.69, 9.17) is 11.6 Å². The molecule has 0 aliphatic heterocycles. The highest BCUT2D eigenvalue weighted by Gasteiger charge is 2.16. The Bertz CT molecular complexity index is 615. The second-order valence-electron chi connectivity index (χ2n) is 4.76. The Morgan fingerprint density at radius 2 is 2.05 bits per heavy atom.